The van der Waals surface area contributed by atoms with Crippen molar-refractivity contribution in [1.82, 2.24) is 0 Å². The molecule has 0 spiro atoms. The van der Waals surface area contributed by atoms with Crippen molar-refractivity contribution in [1.29, 1.82) is 5.26 Å². The van der Waals surface area contributed by atoms with E-state index in [1.807, 2.05) is 6.07 Å². The summed E-state index contributed by atoms with van der Waals surface area (Å²) < 4.78 is 11.2. The Morgan fingerprint density at radius 3 is 2.77 bits per heavy atom. The Kier molecular flexibility index (Phi) is 4.91. The second-order valence-electron chi connectivity index (χ2n) is 5.21. The molecule has 130 valence electrons. The van der Waals surface area contributed by atoms with Crippen LogP contribution in [0.25, 0.3) is 6.08 Å². The van der Waals surface area contributed by atoms with E-state index in [4.69, 9.17) is 14.6 Å². The Morgan fingerprint density at radius 2 is 2.04 bits per heavy atom. The summed E-state index contributed by atoms with van der Waals surface area (Å²) in [6.07, 6.45) is 1.38. The Balaban J connectivity index is 1.89. The number of para-hydroxylation sites is 1. The Hall–Kier alpha value is -3.31. The van der Waals surface area contributed by atoms with Crippen molar-refractivity contribution in [3.05, 3.63) is 57.6 Å². The number of rotatable bonds is 4. The number of nitrogens with one attached hydrogen (secondary N) is 1. The van der Waals surface area contributed by atoms with Gasteiger partial charge in [-0.2, -0.15) is 5.26 Å². The van der Waals surface area contributed by atoms with Crippen molar-refractivity contribution in [3.8, 4) is 17.6 Å². The maximum atomic E-state index is 12.4. The highest BCUT2D eigenvalue weighted by atomic mass is 79.9. The topological polar surface area (TPSA) is 109 Å². The normalized spacial score (nSPS) is 12.4. The molecule has 0 bridgehead atoms. The van der Waals surface area contributed by atoms with Gasteiger partial charge in [0.1, 0.15) is 11.6 Å². The number of aromatic carboxylic acids is 1. The molecule has 0 aliphatic carbocycles. The van der Waals surface area contributed by atoms with Gasteiger partial charge in [-0.1, -0.05) is 12.1 Å². The van der Waals surface area contributed by atoms with E-state index in [9.17, 15) is 14.9 Å². The lowest BCUT2D eigenvalue weighted by Crippen LogP contribution is -2.16. The first kappa shape index (κ1) is 17.5. The minimum Gasteiger partial charge on any atom is -0.478 e. The number of halogens is 1. The zero-order valence-electron chi connectivity index (χ0n) is 13.2. The summed E-state index contributed by atoms with van der Waals surface area (Å²) in [6.45, 7) is 0.0959. The van der Waals surface area contributed by atoms with Crippen molar-refractivity contribution in [2.24, 2.45) is 0 Å². The number of carboxylic acid groups (broad SMARTS) is 1. The number of hydrogen-bond donors (Lipinski definition) is 2. The number of hydrogen-bond acceptors (Lipinski definition) is 5. The zero-order chi connectivity index (χ0) is 18.7. The Bertz CT molecular complexity index is 978. The second kappa shape index (κ2) is 7.29. The van der Waals surface area contributed by atoms with Gasteiger partial charge in [-0.15, -0.1) is 0 Å². The van der Waals surface area contributed by atoms with Gasteiger partial charge in [0.2, 0.25) is 6.79 Å². The summed E-state index contributed by atoms with van der Waals surface area (Å²) >= 11 is 3.34. The number of anilines is 1. The quantitative estimate of drug-likeness (QED) is 0.585. The van der Waals surface area contributed by atoms with Crippen molar-refractivity contribution < 1.29 is 24.2 Å². The van der Waals surface area contributed by atoms with E-state index in [1.54, 1.807) is 24.3 Å². The molecule has 0 unspecified atom stereocenters. The molecule has 2 aromatic rings. The first-order valence-electron chi connectivity index (χ1n) is 7.34. The average molecular weight is 415 g/mol. The molecule has 0 radical (unpaired) electrons. The fraction of sp³-hybridized carbons (Fsp3) is 0.0556. The zero-order valence-corrected chi connectivity index (χ0v) is 14.7. The minimum absolute atomic E-state index is 0.0658. The molecule has 1 aliphatic heterocycles. The first-order valence-corrected chi connectivity index (χ1v) is 8.13. The maximum Gasteiger partial charge on any atom is 0.337 e. The molecule has 0 saturated carbocycles. The molecule has 1 aliphatic rings. The van der Waals surface area contributed by atoms with Crippen LogP contribution in [-0.2, 0) is 4.79 Å². The largest absolute Gasteiger partial charge is 0.478 e. The lowest BCUT2D eigenvalue weighted by Gasteiger charge is -2.08. The molecule has 26 heavy (non-hydrogen) atoms. The number of nitriles is 1. The van der Waals surface area contributed by atoms with Crippen LogP contribution in [0.15, 0.2) is 46.4 Å². The first-order chi connectivity index (χ1) is 12.5. The highest BCUT2D eigenvalue weighted by Gasteiger charge is 2.19. The van der Waals surface area contributed by atoms with E-state index in [1.165, 1.54) is 18.2 Å². The van der Waals surface area contributed by atoms with Gasteiger partial charge in [0.25, 0.3) is 5.91 Å². The summed E-state index contributed by atoms with van der Waals surface area (Å²) in [5.41, 5.74) is 0.414. The van der Waals surface area contributed by atoms with Gasteiger partial charge in [-0.05, 0) is 51.8 Å². The Labute approximate surface area is 156 Å². The van der Waals surface area contributed by atoms with Gasteiger partial charge in [0, 0.05) is 0 Å². The molecule has 0 saturated heterocycles. The molecule has 1 heterocycles. The molecule has 0 aromatic heterocycles. The number of ether oxygens (including phenoxy) is 2. The third-order valence-electron chi connectivity index (χ3n) is 3.53. The number of amides is 1. The van der Waals surface area contributed by atoms with Crippen molar-refractivity contribution in [3.63, 3.8) is 0 Å². The summed E-state index contributed by atoms with van der Waals surface area (Å²) in [5.74, 6) is -0.835. The SMILES string of the molecule is N#C/C(=C\c1cc(Br)c2c(c1)OCO2)C(=O)Nc1ccccc1C(=O)O. The van der Waals surface area contributed by atoms with Gasteiger partial charge >= 0.3 is 5.97 Å². The van der Waals surface area contributed by atoms with Gasteiger partial charge in [0.15, 0.2) is 11.5 Å². The number of fused-ring (bicyclic) bond motifs is 1. The molecular formula is C18H11BrN2O5. The van der Waals surface area contributed by atoms with Gasteiger partial charge in [0.05, 0.1) is 15.7 Å². The Morgan fingerprint density at radius 1 is 1.27 bits per heavy atom. The molecule has 7 nitrogen and oxygen atoms in total. The van der Waals surface area contributed by atoms with Crippen LogP contribution in [0.2, 0.25) is 0 Å². The van der Waals surface area contributed by atoms with E-state index in [2.05, 4.69) is 21.2 Å². The maximum absolute atomic E-state index is 12.4. The number of carbonyl (C=O) groups is 2. The molecule has 8 heteroatoms. The molecule has 1 amide bonds. The van der Waals surface area contributed by atoms with E-state index in [0.717, 1.165) is 0 Å². The third kappa shape index (κ3) is 3.53. The van der Waals surface area contributed by atoms with Crippen molar-refractivity contribution in [2.45, 2.75) is 0 Å². The fourth-order valence-corrected chi connectivity index (χ4v) is 2.93. The predicted octanol–water partition coefficient (Wildman–Crippen LogP) is 3.42. The number of carboxylic acids is 1. The van der Waals surface area contributed by atoms with Crippen LogP contribution in [0.5, 0.6) is 11.5 Å². The molecule has 2 N–H and O–H groups in total. The van der Waals surface area contributed by atoms with Gasteiger partial charge < -0.3 is 19.9 Å². The monoisotopic (exact) mass is 414 g/mol. The average Bonchev–Trinajstić information content (AvgIpc) is 3.09. The van der Waals surface area contributed by atoms with E-state index < -0.39 is 11.9 Å². The molecular weight excluding hydrogens is 404 g/mol. The van der Waals surface area contributed by atoms with Crippen molar-refractivity contribution >= 4 is 39.6 Å². The summed E-state index contributed by atoms with van der Waals surface area (Å²) in [6, 6.07) is 11.1. The van der Waals surface area contributed by atoms with Gasteiger partial charge in [-0.25, -0.2) is 4.79 Å². The van der Waals surface area contributed by atoms with Crippen LogP contribution >= 0.6 is 15.9 Å². The lowest BCUT2D eigenvalue weighted by molar-refractivity contribution is -0.112. The van der Waals surface area contributed by atoms with Crippen LogP contribution in [0.3, 0.4) is 0 Å². The van der Waals surface area contributed by atoms with E-state index >= 15 is 0 Å². The molecule has 2 aromatic carbocycles. The number of carbonyl (C=O) groups excluding carboxylic acids is 1. The second-order valence-corrected chi connectivity index (χ2v) is 6.07. The van der Waals surface area contributed by atoms with E-state index in [0.29, 0.717) is 21.5 Å². The van der Waals surface area contributed by atoms with Crippen LogP contribution < -0.4 is 14.8 Å². The van der Waals surface area contributed by atoms with Crippen molar-refractivity contribution in [2.75, 3.05) is 12.1 Å². The smallest absolute Gasteiger partial charge is 0.337 e. The fourth-order valence-electron chi connectivity index (χ4n) is 2.35. The van der Waals surface area contributed by atoms with Crippen LogP contribution in [0, 0.1) is 11.3 Å². The highest BCUT2D eigenvalue weighted by molar-refractivity contribution is 9.10. The summed E-state index contributed by atoms with van der Waals surface area (Å²) in [5, 5.41) is 20.9. The molecule has 0 atom stereocenters. The molecule has 3 rings (SSSR count). The summed E-state index contributed by atoms with van der Waals surface area (Å²) in [4.78, 5) is 23.6. The highest BCUT2D eigenvalue weighted by Crippen LogP contribution is 2.40. The van der Waals surface area contributed by atoms with Crippen LogP contribution in [-0.4, -0.2) is 23.8 Å². The standard InChI is InChI=1S/C18H11BrN2O5/c19-13-6-10(7-15-16(13)26-9-25-15)5-11(8-20)17(22)21-14-4-2-1-3-12(14)18(23)24/h1-7H,9H2,(H,21,22)(H,23,24)/b11-5+. The van der Waals surface area contributed by atoms with Crippen LogP contribution in [0.1, 0.15) is 15.9 Å². The molecule has 0 fully saturated rings. The van der Waals surface area contributed by atoms with E-state index in [-0.39, 0.29) is 23.6 Å². The summed E-state index contributed by atoms with van der Waals surface area (Å²) in [7, 11) is 0. The van der Waals surface area contributed by atoms with Crippen LogP contribution in [0.4, 0.5) is 5.69 Å². The minimum atomic E-state index is -1.18. The predicted molar refractivity (Wildman–Crippen MR) is 95.9 cm³/mol. The number of benzene rings is 2. The van der Waals surface area contributed by atoms with Gasteiger partial charge in [-0.3, -0.25) is 4.79 Å². The third-order valence-corrected chi connectivity index (χ3v) is 4.12. The lowest BCUT2D eigenvalue weighted by atomic mass is 10.1. The number of nitrogens with zero attached hydrogens (tertiary/aromatic N) is 1.